The van der Waals surface area contributed by atoms with Gasteiger partial charge in [-0.2, -0.15) is 5.10 Å². The highest BCUT2D eigenvalue weighted by atomic mass is 16.3. The molecule has 3 rings (SSSR count). The highest BCUT2D eigenvalue weighted by molar-refractivity contribution is 5.93. The molecule has 0 radical (unpaired) electrons. The Kier molecular flexibility index (Phi) is 3.08. The number of carbonyl (C=O) groups excluding carboxylic acids is 1. The van der Waals surface area contributed by atoms with Crippen LogP contribution in [0.2, 0.25) is 0 Å². The van der Waals surface area contributed by atoms with E-state index < -0.39 is 0 Å². The third kappa shape index (κ3) is 2.53. The number of aromatic nitrogens is 2. The van der Waals surface area contributed by atoms with Crippen molar-refractivity contribution in [2.45, 2.75) is 19.4 Å². The van der Waals surface area contributed by atoms with E-state index in [1.54, 1.807) is 6.07 Å². The van der Waals surface area contributed by atoms with Gasteiger partial charge in [0.25, 0.3) is 5.91 Å². The smallest absolute Gasteiger partial charge is 0.272 e. The highest BCUT2D eigenvalue weighted by Gasteiger charge is 2.19. The summed E-state index contributed by atoms with van der Waals surface area (Å²) in [6.07, 6.45) is 0.959. The molecule has 1 aliphatic rings. The third-order valence-electron chi connectivity index (χ3n) is 3.21. The second-order valence-corrected chi connectivity index (χ2v) is 4.74. The van der Waals surface area contributed by atoms with E-state index >= 15 is 0 Å². The summed E-state index contributed by atoms with van der Waals surface area (Å²) in [5.74, 6) is 1.36. The molecule has 6 heteroatoms. The molecule has 0 aliphatic carbocycles. The zero-order valence-corrected chi connectivity index (χ0v) is 10.7. The summed E-state index contributed by atoms with van der Waals surface area (Å²) in [6, 6.07) is 5.63. The lowest BCUT2D eigenvalue weighted by atomic mass is 10.2. The summed E-state index contributed by atoms with van der Waals surface area (Å²) < 4.78 is 5.48. The summed E-state index contributed by atoms with van der Waals surface area (Å²) in [5, 5.41) is 13.0. The lowest BCUT2D eigenvalue weighted by Crippen LogP contribution is -2.36. The van der Waals surface area contributed by atoms with Crippen molar-refractivity contribution in [1.82, 2.24) is 20.8 Å². The normalized spacial score (nSPS) is 18.7. The van der Waals surface area contributed by atoms with Crippen LogP contribution in [0.4, 0.5) is 0 Å². The van der Waals surface area contributed by atoms with Crippen molar-refractivity contribution in [3.63, 3.8) is 0 Å². The number of amides is 1. The lowest BCUT2D eigenvalue weighted by Gasteiger charge is -2.08. The highest BCUT2D eigenvalue weighted by Crippen LogP contribution is 2.20. The lowest BCUT2D eigenvalue weighted by molar-refractivity contribution is 0.0935. The molecule has 2 aromatic rings. The van der Waals surface area contributed by atoms with E-state index in [1.165, 1.54) is 0 Å². The molecule has 3 heterocycles. The number of carbonyl (C=O) groups is 1. The Hall–Kier alpha value is -2.08. The van der Waals surface area contributed by atoms with Crippen LogP contribution in [0.5, 0.6) is 0 Å². The van der Waals surface area contributed by atoms with Crippen molar-refractivity contribution in [3.8, 4) is 11.5 Å². The minimum atomic E-state index is -0.153. The number of H-pyrrole nitrogens is 1. The Bertz CT molecular complexity index is 581. The van der Waals surface area contributed by atoms with Crippen molar-refractivity contribution in [2.24, 2.45) is 0 Å². The van der Waals surface area contributed by atoms with Gasteiger partial charge in [0.2, 0.25) is 0 Å². The second-order valence-electron chi connectivity index (χ2n) is 4.74. The number of furan rings is 1. The quantitative estimate of drug-likeness (QED) is 0.771. The second kappa shape index (κ2) is 4.89. The zero-order valence-electron chi connectivity index (χ0n) is 10.7. The average molecular weight is 260 g/mol. The molecule has 1 amide bonds. The first-order valence-electron chi connectivity index (χ1n) is 6.36. The van der Waals surface area contributed by atoms with Crippen LogP contribution in [0, 0.1) is 6.92 Å². The van der Waals surface area contributed by atoms with Gasteiger partial charge in [-0.1, -0.05) is 0 Å². The van der Waals surface area contributed by atoms with Gasteiger partial charge in [-0.05, 0) is 32.0 Å². The summed E-state index contributed by atoms with van der Waals surface area (Å²) in [4.78, 5) is 12.0. The van der Waals surface area contributed by atoms with Gasteiger partial charge in [-0.3, -0.25) is 9.89 Å². The van der Waals surface area contributed by atoms with Crippen LogP contribution in [-0.4, -0.2) is 35.2 Å². The number of rotatable bonds is 3. The molecule has 1 fully saturated rings. The third-order valence-corrected chi connectivity index (χ3v) is 3.21. The van der Waals surface area contributed by atoms with Crippen molar-refractivity contribution < 1.29 is 9.21 Å². The molecule has 0 aromatic carbocycles. The van der Waals surface area contributed by atoms with Crippen LogP contribution < -0.4 is 10.6 Å². The number of aryl methyl sites for hydroxylation is 1. The molecule has 1 aliphatic heterocycles. The van der Waals surface area contributed by atoms with Crippen LogP contribution in [-0.2, 0) is 0 Å². The summed E-state index contributed by atoms with van der Waals surface area (Å²) in [5.41, 5.74) is 1.10. The molecular formula is C13H16N4O2. The fourth-order valence-corrected chi connectivity index (χ4v) is 2.18. The minimum absolute atomic E-state index is 0.153. The summed E-state index contributed by atoms with van der Waals surface area (Å²) >= 11 is 0. The predicted octanol–water partition coefficient (Wildman–Crippen LogP) is 1.07. The van der Waals surface area contributed by atoms with E-state index in [0.717, 1.165) is 25.3 Å². The SMILES string of the molecule is Cc1ccc(-c2cc(C(=O)NC3CCNC3)n[nH]2)o1. The van der Waals surface area contributed by atoms with E-state index in [2.05, 4.69) is 20.8 Å². The van der Waals surface area contributed by atoms with Gasteiger partial charge in [-0.25, -0.2) is 0 Å². The Morgan fingerprint density at radius 2 is 2.42 bits per heavy atom. The summed E-state index contributed by atoms with van der Waals surface area (Å²) in [6.45, 7) is 3.64. The molecule has 0 spiro atoms. The van der Waals surface area contributed by atoms with Gasteiger partial charge in [0, 0.05) is 18.7 Å². The molecule has 0 bridgehead atoms. The monoisotopic (exact) mass is 260 g/mol. The van der Waals surface area contributed by atoms with E-state index in [1.807, 2.05) is 19.1 Å². The maximum atomic E-state index is 12.0. The first-order valence-corrected chi connectivity index (χ1v) is 6.36. The van der Waals surface area contributed by atoms with E-state index in [9.17, 15) is 4.79 Å². The van der Waals surface area contributed by atoms with Gasteiger partial charge in [-0.15, -0.1) is 0 Å². The zero-order chi connectivity index (χ0) is 13.2. The molecule has 2 aromatic heterocycles. The van der Waals surface area contributed by atoms with E-state index in [0.29, 0.717) is 17.1 Å². The topological polar surface area (TPSA) is 83.0 Å². The molecule has 3 N–H and O–H groups in total. The molecule has 100 valence electrons. The van der Waals surface area contributed by atoms with Crippen LogP contribution >= 0.6 is 0 Å². The van der Waals surface area contributed by atoms with Crippen molar-refractivity contribution in [1.29, 1.82) is 0 Å². The first kappa shape index (κ1) is 12.0. The fraction of sp³-hybridized carbons (Fsp3) is 0.385. The Balaban J connectivity index is 1.71. The standard InChI is InChI=1S/C13H16N4O2/c1-8-2-3-12(19-8)10-6-11(17-16-10)13(18)15-9-4-5-14-7-9/h2-3,6,9,14H,4-5,7H2,1H3,(H,15,18)(H,16,17). The van der Waals surface area contributed by atoms with Crippen molar-refractivity contribution in [2.75, 3.05) is 13.1 Å². The number of hydrogen-bond acceptors (Lipinski definition) is 4. The fourth-order valence-electron chi connectivity index (χ4n) is 2.18. The molecule has 1 unspecified atom stereocenters. The molecule has 19 heavy (non-hydrogen) atoms. The average Bonchev–Trinajstić information content (AvgIpc) is 3.07. The van der Waals surface area contributed by atoms with Crippen LogP contribution in [0.1, 0.15) is 22.7 Å². The van der Waals surface area contributed by atoms with Crippen molar-refractivity contribution in [3.05, 3.63) is 29.7 Å². The predicted molar refractivity (Wildman–Crippen MR) is 69.8 cm³/mol. The Labute approximate surface area is 110 Å². The maximum absolute atomic E-state index is 12.0. The number of aromatic amines is 1. The van der Waals surface area contributed by atoms with Gasteiger partial charge in [0.15, 0.2) is 11.5 Å². The van der Waals surface area contributed by atoms with Crippen LogP contribution in [0.15, 0.2) is 22.6 Å². The molecule has 6 nitrogen and oxygen atoms in total. The molecular weight excluding hydrogens is 244 g/mol. The number of nitrogens with zero attached hydrogens (tertiary/aromatic N) is 1. The van der Waals surface area contributed by atoms with Gasteiger partial charge >= 0.3 is 0 Å². The van der Waals surface area contributed by atoms with Crippen molar-refractivity contribution >= 4 is 5.91 Å². The maximum Gasteiger partial charge on any atom is 0.272 e. The molecule has 0 saturated carbocycles. The van der Waals surface area contributed by atoms with Crippen LogP contribution in [0.25, 0.3) is 11.5 Å². The molecule has 1 saturated heterocycles. The van der Waals surface area contributed by atoms with Gasteiger partial charge in [0.05, 0.1) is 0 Å². The largest absolute Gasteiger partial charge is 0.460 e. The number of hydrogen-bond donors (Lipinski definition) is 3. The van der Waals surface area contributed by atoms with E-state index in [-0.39, 0.29) is 11.9 Å². The van der Waals surface area contributed by atoms with Crippen LogP contribution in [0.3, 0.4) is 0 Å². The minimum Gasteiger partial charge on any atom is -0.460 e. The first-order chi connectivity index (χ1) is 9.22. The molecule has 1 atom stereocenters. The Morgan fingerprint density at radius 3 is 3.11 bits per heavy atom. The van der Waals surface area contributed by atoms with Gasteiger partial charge in [0.1, 0.15) is 11.5 Å². The van der Waals surface area contributed by atoms with E-state index in [4.69, 9.17) is 4.42 Å². The summed E-state index contributed by atoms with van der Waals surface area (Å²) in [7, 11) is 0. The Morgan fingerprint density at radius 1 is 1.53 bits per heavy atom. The number of nitrogens with one attached hydrogen (secondary N) is 3. The van der Waals surface area contributed by atoms with Gasteiger partial charge < -0.3 is 15.1 Å².